The number of hydrogen-bond donors (Lipinski definition) is 2. The molecule has 1 fully saturated rings. The molecule has 1 saturated heterocycles. The van der Waals surface area contributed by atoms with Gasteiger partial charge in [0, 0.05) is 42.4 Å². The Morgan fingerprint density at radius 2 is 1.77 bits per heavy atom. The summed E-state index contributed by atoms with van der Waals surface area (Å²) in [4.78, 5) is 19.5. The molecule has 6 nitrogen and oxygen atoms in total. The number of amides is 1. The zero-order chi connectivity index (χ0) is 24.2. The van der Waals surface area contributed by atoms with Crippen LogP contribution in [0.3, 0.4) is 0 Å². The monoisotopic (exact) mass is 481 g/mol. The van der Waals surface area contributed by atoms with Crippen LogP contribution in [0.4, 0.5) is 5.69 Å². The molecule has 1 amide bonds. The molecule has 2 N–H and O–H groups in total. The van der Waals surface area contributed by atoms with Gasteiger partial charge >= 0.3 is 0 Å². The van der Waals surface area contributed by atoms with Gasteiger partial charge in [-0.05, 0) is 67.2 Å². The Balaban J connectivity index is 1.46. The molecule has 0 aliphatic carbocycles. The maximum Gasteiger partial charge on any atom is 0.226 e. The smallest absolute Gasteiger partial charge is 0.226 e. The molecule has 1 aliphatic heterocycles. The second kappa shape index (κ2) is 10.1. The number of rotatable bonds is 7. The van der Waals surface area contributed by atoms with Crippen molar-refractivity contribution in [3.63, 3.8) is 0 Å². The molecule has 176 valence electrons. The highest BCUT2D eigenvalue weighted by Gasteiger charge is 2.41. The number of thiocarbonyl (C=S) groups is 1. The average molecular weight is 482 g/mol. The second-order valence-corrected chi connectivity index (χ2v) is 8.96. The summed E-state index contributed by atoms with van der Waals surface area (Å²) in [5.74, 6) is -0.0478. The van der Waals surface area contributed by atoms with Crippen LogP contribution in [0.15, 0.2) is 97.3 Å². The van der Waals surface area contributed by atoms with Crippen LogP contribution < -0.4 is 10.6 Å². The Labute approximate surface area is 210 Å². The first-order chi connectivity index (χ1) is 17.1. The lowest BCUT2D eigenvalue weighted by molar-refractivity contribution is -0.116. The summed E-state index contributed by atoms with van der Waals surface area (Å²) < 4.78 is 2.21. The van der Waals surface area contributed by atoms with E-state index < -0.39 is 0 Å². The molecule has 2 aromatic heterocycles. The van der Waals surface area contributed by atoms with Crippen molar-refractivity contribution in [2.45, 2.75) is 25.4 Å². The molecule has 5 rings (SSSR count). The van der Waals surface area contributed by atoms with E-state index in [2.05, 4.69) is 62.5 Å². The largest absolute Gasteiger partial charge is 0.352 e. The lowest BCUT2D eigenvalue weighted by atomic mass is 10.0. The summed E-state index contributed by atoms with van der Waals surface area (Å²) >= 11 is 5.78. The molecule has 35 heavy (non-hydrogen) atoms. The highest BCUT2D eigenvalue weighted by molar-refractivity contribution is 7.80. The van der Waals surface area contributed by atoms with E-state index in [0.717, 1.165) is 22.8 Å². The van der Waals surface area contributed by atoms with Crippen molar-refractivity contribution in [2.75, 3.05) is 11.9 Å². The van der Waals surface area contributed by atoms with Crippen molar-refractivity contribution >= 4 is 28.9 Å². The van der Waals surface area contributed by atoms with Gasteiger partial charge in [0.25, 0.3) is 0 Å². The van der Waals surface area contributed by atoms with Crippen LogP contribution in [-0.2, 0) is 4.79 Å². The first-order valence-corrected chi connectivity index (χ1v) is 12.1. The quantitative estimate of drug-likeness (QED) is 0.356. The molecule has 0 bridgehead atoms. The first-order valence-electron chi connectivity index (χ1n) is 11.7. The number of carbonyl (C=O) groups is 1. The van der Waals surface area contributed by atoms with Crippen molar-refractivity contribution in [1.82, 2.24) is 19.8 Å². The van der Waals surface area contributed by atoms with E-state index in [1.54, 1.807) is 6.20 Å². The Morgan fingerprint density at radius 3 is 2.54 bits per heavy atom. The molecule has 0 unspecified atom stereocenters. The Bertz CT molecular complexity index is 1320. The molecule has 4 aromatic rings. The van der Waals surface area contributed by atoms with Crippen LogP contribution in [0.5, 0.6) is 0 Å². The predicted octanol–water partition coefficient (Wildman–Crippen LogP) is 5.18. The van der Waals surface area contributed by atoms with Gasteiger partial charge in [0.05, 0.1) is 17.8 Å². The third-order valence-electron chi connectivity index (χ3n) is 6.29. The number of carbonyl (C=O) groups excluding carboxylic acids is 1. The molecular formula is C28H27N5OS. The van der Waals surface area contributed by atoms with E-state index in [1.807, 2.05) is 60.7 Å². The van der Waals surface area contributed by atoms with Crippen molar-refractivity contribution in [2.24, 2.45) is 0 Å². The molecule has 0 radical (unpaired) electrons. The van der Waals surface area contributed by atoms with E-state index in [9.17, 15) is 4.79 Å². The molecule has 2 atom stereocenters. The van der Waals surface area contributed by atoms with E-state index in [4.69, 9.17) is 12.2 Å². The van der Waals surface area contributed by atoms with Gasteiger partial charge in [0.1, 0.15) is 0 Å². The maximum atomic E-state index is 12.7. The average Bonchev–Trinajstić information content (AvgIpc) is 3.48. The third-order valence-corrected chi connectivity index (χ3v) is 6.65. The summed E-state index contributed by atoms with van der Waals surface area (Å²) in [7, 11) is 0. The van der Waals surface area contributed by atoms with E-state index in [-0.39, 0.29) is 18.0 Å². The minimum Gasteiger partial charge on any atom is -0.352 e. The van der Waals surface area contributed by atoms with E-state index in [1.165, 1.54) is 5.56 Å². The summed E-state index contributed by atoms with van der Waals surface area (Å²) in [6.07, 6.45) is 4.19. The summed E-state index contributed by atoms with van der Waals surface area (Å²) in [6, 6.07) is 27.6. The Morgan fingerprint density at radius 1 is 1.00 bits per heavy atom. The Hall–Kier alpha value is -3.97. The lowest BCUT2D eigenvalue weighted by Gasteiger charge is -2.29. The number of aryl methyl sites for hydroxylation is 1. The van der Waals surface area contributed by atoms with E-state index in [0.29, 0.717) is 18.1 Å². The van der Waals surface area contributed by atoms with Crippen LogP contribution in [0.2, 0.25) is 0 Å². The van der Waals surface area contributed by atoms with Crippen LogP contribution in [0.1, 0.15) is 35.5 Å². The lowest BCUT2D eigenvalue weighted by Crippen LogP contribution is -2.33. The van der Waals surface area contributed by atoms with Crippen LogP contribution >= 0.6 is 12.2 Å². The molecule has 3 heterocycles. The summed E-state index contributed by atoms with van der Waals surface area (Å²) in [6.45, 7) is 2.59. The van der Waals surface area contributed by atoms with Crippen LogP contribution in [0.25, 0.3) is 5.69 Å². The molecule has 0 saturated carbocycles. The highest BCUT2D eigenvalue weighted by atomic mass is 32.1. The zero-order valence-electron chi connectivity index (χ0n) is 19.5. The molecule has 0 spiro atoms. The number of hydrogen-bond acceptors (Lipinski definition) is 3. The van der Waals surface area contributed by atoms with Crippen LogP contribution in [0, 0.1) is 6.92 Å². The number of nitrogens with zero attached hydrogens (tertiary/aromatic N) is 3. The van der Waals surface area contributed by atoms with Crippen molar-refractivity contribution in [1.29, 1.82) is 0 Å². The fraction of sp³-hybridized carbons (Fsp3) is 0.179. The van der Waals surface area contributed by atoms with E-state index >= 15 is 0 Å². The standard InChI is InChI=1S/C28H27N5OS/c1-20-10-5-6-14-23(20)32-18-9-15-24(32)27-26(22-13-7-8-17-29-22)31-28(35)33(27)19-16-25(34)30-21-11-3-2-4-12-21/h2-15,17-18,26-27H,16,19H2,1H3,(H,30,34)(H,31,35)/t26-,27-/m0/s1. The number of nitrogens with one attached hydrogen (secondary N) is 2. The number of benzene rings is 2. The summed E-state index contributed by atoms with van der Waals surface area (Å²) in [5, 5.41) is 7.07. The molecule has 1 aliphatic rings. The SMILES string of the molecule is Cc1ccccc1-n1cccc1[C@H]1[C@H](c2ccccn2)NC(=S)N1CCC(=O)Nc1ccccc1. The van der Waals surface area contributed by atoms with Crippen molar-refractivity contribution < 1.29 is 4.79 Å². The fourth-order valence-corrected chi connectivity index (χ4v) is 4.95. The number of aromatic nitrogens is 2. The first kappa shape index (κ1) is 22.8. The molecule has 2 aromatic carbocycles. The summed E-state index contributed by atoms with van der Waals surface area (Å²) in [5.41, 5.74) is 5.09. The van der Waals surface area contributed by atoms with Gasteiger partial charge in [-0.15, -0.1) is 0 Å². The van der Waals surface area contributed by atoms with Gasteiger partial charge in [0.15, 0.2) is 5.11 Å². The van der Waals surface area contributed by atoms with Crippen LogP contribution in [-0.4, -0.2) is 32.0 Å². The number of pyridine rings is 1. The van der Waals surface area contributed by atoms with Crippen molar-refractivity contribution in [3.05, 3.63) is 114 Å². The topological polar surface area (TPSA) is 62.2 Å². The minimum atomic E-state index is -0.140. The van der Waals surface area contributed by atoms with Gasteiger partial charge in [-0.3, -0.25) is 9.78 Å². The number of para-hydroxylation sites is 2. The predicted molar refractivity (Wildman–Crippen MR) is 142 cm³/mol. The van der Waals surface area contributed by atoms with Crippen molar-refractivity contribution in [3.8, 4) is 5.69 Å². The normalized spacial score (nSPS) is 17.3. The minimum absolute atomic E-state index is 0.0478. The van der Waals surface area contributed by atoms with Gasteiger partial charge in [-0.25, -0.2) is 0 Å². The fourth-order valence-electron chi connectivity index (χ4n) is 4.62. The maximum absolute atomic E-state index is 12.7. The van der Waals surface area contributed by atoms with Gasteiger partial charge in [-0.2, -0.15) is 0 Å². The zero-order valence-corrected chi connectivity index (χ0v) is 20.3. The Kier molecular flexibility index (Phi) is 6.59. The highest BCUT2D eigenvalue weighted by Crippen LogP contribution is 2.39. The molecular weight excluding hydrogens is 454 g/mol. The molecule has 7 heteroatoms. The van der Waals surface area contributed by atoms with Gasteiger partial charge in [-0.1, -0.05) is 42.5 Å². The second-order valence-electron chi connectivity index (χ2n) is 8.57. The van der Waals surface area contributed by atoms with Gasteiger partial charge < -0.3 is 20.1 Å². The third kappa shape index (κ3) is 4.81. The van der Waals surface area contributed by atoms with Gasteiger partial charge in [0.2, 0.25) is 5.91 Å². The number of anilines is 1.